The summed E-state index contributed by atoms with van der Waals surface area (Å²) in [6, 6.07) is 6.14. The molecule has 100 valence electrons. The predicted molar refractivity (Wildman–Crippen MR) is 74.1 cm³/mol. The largest absolute Gasteiger partial charge is 0.493 e. The smallest absolute Gasteiger partial charge is 0.123 e. The van der Waals surface area contributed by atoms with Crippen molar-refractivity contribution < 1.29 is 9.47 Å². The van der Waals surface area contributed by atoms with Crippen molar-refractivity contribution in [3.63, 3.8) is 0 Å². The van der Waals surface area contributed by atoms with Gasteiger partial charge in [-0.2, -0.15) is 0 Å². The van der Waals surface area contributed by atoms with Gasteiger partial charge in [0.15, 0.2) is 0 Å². The van der Waals surface area contributed by atoms with Crippen molar-refractivity contribution >= 4 is 11.4 Å². The van der Waals surface area contributed by atoms with Crippen LogP contribution in [0.1, 0.15) is 26.7 Å². The van der Waals surface area contributed by atoms with E-state index in [0.717, 1.165) is 36.6 Å². The van der Waals surface area contributed by atoms with Crippen LogP contribution in [0, 0.1) is 0 Å². The summed E-state index contributed by atoms with van der Waals surface area (Å²) in [4.78, 5) is 0. The van der Waals surface area contributed by atoms with Gasteiger partial charge < -0.3 is 20.5 Å². The lowest BCUT2D eigenvalue weighted by Gasteiger charge is -2.18. The minimum Gasteiger partial charge on any atom is -0.493 e. The summed E-state index contributed by atoms with van der Waals surface area (Å²) in [5, 5.41) is 3.46. The second kappa shape index (κ2) is 5.96. The Bertz CT molecular complexity index is 395. The maximum absolute atomic E-state index is 5.89. The normalized spacial score (nSPS) is 23.0. The molecule has 2 atom stereocenters. The summed E-state index contributed by atoms with van der Waals surface area (Å²) >= 11 is 0. The second-order valence-electron chi connectivity index (χ2n) is 4.75. The number of anilines is 2. The van der Waals surface area contributed by atoms with E-state index < -0.39 is 0 Å². The Morgan fingerprint density at radius 3 is 2.94 bits per heavy atom. The average molecular weight is 250 g/mol. The average Bonchev–Trinajstić information content (AvgIpc) is 2.72. The molecule has 4 nitrogen and oxygen atoms in total. The maximum Gasteiger partial charge on any atom is 0.123 e. The van der Waals surface area contributed by atoms with Crippen molar-refractivity contribution in [1.82, 2.24) is 0 Å². The molecule has 1 aromatic carbocycles. The van der Waals surface area contributed by atoms with E-state index in [1.807, 2.05) is 18.2 Å². The molecular weight excluding hydrogens is 228 g/mol. The first-order chi connectivity index (χ1) is 8.69. The molecule has 0 radical (unpaired) electrons. The molecule has 0 saturated carbocycles. The summed E-state index contributed by atoms with van der Waals surface area (Å²) in [5.74, 6) is 0.825. The summed E-state index contributed by atoms with van der Waals surface area (Å²) in [7, 11) is 0. The second-order valence-corrected chi connectivity index (χ2v) is 4.75. The van der Waals surface area contributed by atoms with Crippen LogP contribution in [-0.4, -0.2) is 25.4 Å². The van der Waals surface area contributed by atoms with Crippen LogP contribution in [0.4, 0.5) is 11.4 Å². The van der Waals surface area contributed by atoms with Crippen LogP contribution < -0.4 is 15.8 Å². The van der Waals surface area contributed by atoms with Gasteiger partial charge in [-0.3, -0.25) is 0 Å². The Morgan fingerprint density at radius 2 is 2.28 bits per heavy atom. The Balaban J connectivity index is 2.05. The molecule has 1 fully saturated rings. The highest BCUT2D eigenvalue weighted by Gasteiger charge is 2.23. The summed E-state index contributed by atoms with van der Waals surface area (Å²) < 4.78 is 11.2. The van der Waals surface area contributed by atoms with E-state index in [4.69, 9.17) is 15.2 Å². The van der Waals surface area contributed by atoms with Crippen molar-refractivity contribution in [2.24, 2.45) is 0 Å². The molecule has 1 heterocycles. The highest BCUT2D eigenvalue weighted by molar-refractivity contribution is 5.59. The first-order valence-electron chi connectivity index (χ1n) is 6.60. The van der Waals surface area contributed by atoms with Gasteiger partial charge in [0.25, 0.3) is 0 Å². The first-order valence-corrected chi connectivity index (χ1v) is 6.60. The lowest BCUT2D eigenvalue weighted by atomic mass is 10.1. The van der Waals surface area contributed by atoms with Crippen molar-refractivity contribution in [3.8, 4) is 5.75 Å². The van der Waals surface area contributed by atoms with E-state index in [1.165, 1.54) is 0 Å². The Hall–Kier alpha value is -1.42. The van der Waals surface area contributed by atoms with Gasteiger partial charge in [0.1, 0.15) is 5.75 Å². The molecule has 18 heavy (non-hydrogen) atoms. The van der Waals surface area contributed by atoms with Crippen LogP contribution in [-0.2, 0) is 4.74 Å². The summed E-state index contributed by atoms with van der Waals surface area (Å²) in [6.07, 6.45) is 2.26. The van der Waals surface area contributed by atoms with Gasteiger partial charge in [0.05, 0.1) is 18.8 Å². The lowest BCUT2D eigenvalue weighted by molar-refractivity contribution is 0.121. The third-order valence-corrected chi connectivity index (χ3v) is 3.13. The van der Waals surface area contributed by atoms with Gasteiger partial charge in [0, 0.05) is 30.1 Å². The van der Waals surface area contributed by atoms with Crippen molar-refractivity contribution in [2.45, 2.75) is 38.8 Å². The fraction of sp³-hybridized carbons (Fsp3) is 0.571. The van der Waals surface area contributed by atoms with Crippen LogP contribution in [0.5, 0.6) is 5.75 Å². The van der Waals surface area contributed by atoms with Crippen LogP contribution in [0.2, 0.25) is 0 Å². The van der Waals surface area contributed by atoms with Gasteiger partial charge in [-0.15, -0.1) is 0 Å². The molecule has 2 rings (SSSR count). The Kier molecular flexibility index (Phi) is 4.31. The molecule has 1 aromatic rings. The lowest BCUT2D eigenvalue weighted by Crippen LogP contribution is -2.26. The number of nitrogens with two attached hydrogens (primary N) is 1. The van der Waals surface area contributed by atoms with E-state index in [9.17, 15) is 0 Å². The zero-order valence-corrected chi connectivity index (χ0v) is 11.1. The number of hydrogen-bond donors (Lipinski definition) is 2. The number of benzene rings is 1. The standard InChI is InChI=1S/C14H22N2O2/c1-3-5-18-13-8-11(15)7-12(9-13)16-14-4-6-17-10(14)2/h7-10,14,16H,3-6,15H2,1-2H3. The van der Waals surface area contributed by atoms with E-state index in [0.29, 0.717) is 12.6 Å². The predicted octanol–water partition coefficient (Wildman–Crippen LogP) is 2.65. The topological polar surface area (TPSA) is 56.5 Å². The first kappa shape index (κ1) is 13.0. The molecular formula is C14H22N2O2. The molecule has 0 amide bonds. The molecule has 1 aliphatic heterocycles. The number of nitrogens with one attached hydrogen (secondary N) is 1. The highest BCUT2D eigenvalue weighted by atomic mass is 16.5. The van der Waals surface area contributed by atoms with Gasteiger partial charge in [-0.25, -0.2) is 0 Å². The van der Waals surface area contributed by atoms with E-state index in [2.05, 4.69) is 19.2 Å². The zero-order chi connectivity index (χ0) is 13.0. The fourth-order valence-corrected chi connectivity index (χ4v) is 2.14. The SMILES string of the molecule is CCCOc1cc(N)cc(NC2CCOC2C)c1. The number of nitrogen functional groups attached to an aromatic ring is 1. The van der Waals surface area contributed by atoms with Crippen molar-refractivity contribution in [1.29, 1.82) is 0 Å². The zero-order valence-electron chi connectivity index (χ0n) is 11.1. The molecule has 4 heteroatoms. The molecule has 0 spiro atoms. The quantitative estimate of drug-likeness (QED) is 0.789. The van der Waals surface area contributed by atoms with Crippen LogP contribution >= 0.6 is 0 Å². The fourth-order valence-electron chi connectivity index (χ4n) is 2.14. The van der Waals surface area contributed by atoms with E-state index in [1.54, 1.807) is 0 Å². The van der Waals surface area contributed by atoms with E-state index >= 15 is 0 Å². The van der Waals surface area contributed by atoms with Crippen LogP contribution in [0.25, 0.3) is 0 Å². The summed E-state index contributed by atoms with van der Waals surface area (Å²) in [6.45, 7) is 5.71. The van der Waals surface area contributed by atoms with Gasteiger partial charge >= 0.3 is 0 Å². The Labute approximate surface area is 108 Å². The number of ether oxygens (including phenoxy) is 2. The third-order valence-electron chi connectivity index (χ3n) is 3.13. The third kappa shape index (κ3) is 3.29. The van der Waals surface area contributed by atoms with Crippen LogP contribution in [0.3, 0.4) is 0 Å². The maximum atomic E-state index is 5.89. The number of rotatable bonds is 5. The molecule has 0 aromatic heterocycles. The van der Waals surface area contributed by atoms with E-state index in [-0.39, 0.29) is 6.10 Å². The minimum atomic E-state index is 0.242. The van der Waals surface area contributed by atoms with Gasteiger partial charge in [-0.1, -0.05) is 6.92 Å². The number of hydrogen-bond acceptors (Lipinski definition) is 4. The summed E-state index contributed by atoms with van der Waals surface area (Å²) in [5.41, 5.74) is 7.61. The monoisotopic (exact) mass is 250 g/mol. The van der Waals surface area contributed by atoms with Gasteiger partial charge in [-0.05, 0) is 25.8 Å². The molecule has 1 saturated heterocycles. The molecule has 3 N–H and O–H groups in total. The minimum absolute atomic E-state index is 0.242. The molecule has 0 bridgehead atoms. The molecule has 2 unspecified atom stereocenters. The van der Waals surface area contributed by atoms with Crippen LogP contribution in [0.15, 0.2) is 18.2 Å². The Morgan fingerprint density at radius 1 is 1.44 bits per heavy atom. The van der Waals surface area contributed by atoms with Crippen molar-refractivity contribution in [2.75, 3.05) is 24.3 Å². The van der Waals surface area contributed by atoms with Crippen molar-refractivity contribution in [3.05, 3.63) is 18.2 Å². The molecule has 1 aliphatic rings. The molecule has 0 aliphatic carbocycles. The van der Waals surface area contributed by atoms with Gasteiger partial charge in [0.2, 0.25) is 0 Å². The highest BCUT2D eigenvalue weighted by Crippen LogP contribution is 2.25.